The third kappa shape index (κ3) is 4.10. The Labute approximate surface area is 179 Å². The fourth-order valence-corrected chi connectivity index (χ4v) is 4.88. The number of hydrogen-bond acceptors (Lipinski definition) is 3. The number of aromatic amines is 1. The molecule has 4 rings (SSSR count). The minimum atomic E-state index is 0.102. The van der Waals surface area contributed by atoms with Gasteiger partial charge in [-0.05, 0) is 62.8 Å². The van der Waals surface area contributed by atoms with Crippen LogP contribution in [0.2, 0.25) is 0 Å². The summed E-state index contributed by atoms with van der Waals surface area (Å²) < 4.78 is 0. The van der Waals surface area contributed by atoms with Gasteiger partial charge >= 0.3 is 0 Å². The van der Waals surface area contributed by atoms with Gasteiger partial charge in [0.15, 0.2) is 0 Å². The predicted molar refractivity (Wildman–Crippen MR) is 120 cm³/mol. The summed E-state index contributed by atoms with van der Waals surface area (Å²) >= 11 is 0. The van der Waals surface area contributed by atoms with Gasteiger partial charge in [0.1, 0.15) is 0 Å². The van der Waals surface area contributed by atoms with Crippen molar-refractivity contribution in [1.82, 2.24) is 19.7 Å². The quantitative estimate of drug-likeness (QED) is 0.825. The maximum Gasteiger partial charge on any atom is 0.253 e. The van der Waals surface area contributed by atoms with Gasteiger partial charge in [0.25, 0.3) is 5.91 Å². The highest BCUT2D eigenvalue weighted by Gasteiger charge is 2.25. The summed E-state index contributed by atoms with van der Waals surface area (Å²) in [5.41, 5.74) is 4.66. The smallest absolute Gasteiger partial charge is 0.253 e. The fourth-order valence-electron chi connectivity index (χ4n) is 4.88. The highest BCUT2D eigenvalue weighted by atomic mass is 16.2. The Bertz CT molecular complexity index is 923. The summed E-state index contributed by atoms with van der Waals surface area (Å²) in [5, 5.41) is 1.21. The second-order valence-electron chi connectivity index (χ2n) is 8.82. The molecule has 0 saturated carbocycles. The van der Waals surface area contributed by atoms with Crippen molar-refractivity contribution in [2.75, 3.05) is 45.8 Å². The number of aryl methyl sites for hydroxylation is 1. The summed E-state index contributed by atoms with van der Waals surface area (Å²) in [6.07, 6.45) is 3.42. The average Bonchev–Trinajstić information content (AvgIpc) is 3.11. The monoisotopic (exact) mass is 410 g/mol. The summed E-state index contributed by atoms with van der Waals surface area (Å²) in [5.74, 6) is 0.977. The van der Waals surface area contributed by atoms with Crippen LogP contribution in [0.4, 0.5) is 0 Å². The molecule has 0 bridgehead atoms. The van der Waals surface area contributed by atoms with Crippen molar-refractivity contribution in [2.24, 2.45) is 5.92 Å². The number of rotatable bonds is 5. The van der Waals surface area contributed by atoms with E-state index in [4.69, 9.17) is 0 Å². The lowest BCUT2D eigenvalue weighted by Gasteiger charge is -2.35. The molecule has 0 radical (unpaired) electrons. The zero-order chi connectivity index (χ0) is 21.3. The van der Waals surface area contributed by atoms with Crippen LogP contribution in [0.5, 0.6) is 0 Å². The molecule has 2 heterocycles. The fraction of sp³-hybridized carbons (Fsp3) is 0.583. The summed E-state index contributed by atoms with van der Waals surface area (Å²) in [7, 11) is 0. The Morgan fingerprint density at radius 2 is 1.87 bits per heavy atom. The number of aromatic nitrogens is 1. The number of carbonyl (C=O) groups is 2. The third-order valence-corrected chi connectivity index (χ3v) is 6.82. The Kier molecular flexibility index (Phi) is 6.14. The van der Waals surface area contributed by atoms with E-state index in [-0.39, 0.29) is 11.8 Å². The second-order valence-corrected chi connectivity index (χ2v) is 8.82. The molecule has 6 heteroatoms. The molecule has 1 aliphatic heterocycles. The van der Waals surface area contributed by atoms with Crippen molar-refractivity contribution in [1.29, 1.82) is 0 Å². The molecular formula is C24H34N4O2. The molecule has 0 spiro atoms. The lowest BCUT2D eigenvalue weighted by molar-refractivity contribution is -0.132. The standard InChI is InChI=1S/C24H34N4O2/c1-4-27(5-2)23(29)16-26-10-12-28(13-11-26)24(30)18-7-9-22-20(15-18)19-14-17(3)6-8-21(19)25-22/h7,9,15,17,25H,4-6,8,10-14,16H2,1-3H3/t17-/m1/s1. The van der Waals surface area contributed by atoms with Gasteiger partial charge in [-0.3, -0.25) is 14.5 Å². The number of hydrogen-bond donors (Lipinski definition) is 1. The summed E-state index contributed by atoms with van der Waals surface area (Å²) in [6.45, 7) is 11.1. The van der Waals surface area contributed by atoms with Gasteiger partial charge in [-0.2, -0.15) is 0 Å². The van der Waals surface area contributed by atoms with Gasteiger partial charge in [-0.1, -0.05) is 6.92 Å². The van der Waals surface area contributed by atoms with Crippen molar-refractivity contribution >= 4 is 22.7 Å². The highest BCUT2D eigenvalue weighted by Crippen LogP contribution is 2.32. The van der Waals surface area contributed by atoms with Crippen LogP contribution in [-0.2, 0) is 17.6 Å². The van der Waals surface area contributed by atoms with E-state index in [9.17, 15) is 9.59 Å². The molecule has 30 heavy (non-hydrogen) atoms. The van der Waals surface area contributed by atoms with Crippen LogP contribution < -0.4 is 0 Å². The third-order valence-electron chi connectivity index (χ3n) is 6.82. The molecule has 2 aromatic rings. The summed E-state index contributed by atoms with van der Waals surface area (Å²) in [6, 6.07) is 6.10. The number of likely N-dealkylation sites (N-methyl/N-ethyl adjacent to an activating group) is 1. The lowest BCUT2D eigenvalue weighted by atomic mass is 9.87. The van der Waals surface area contributed by atoms with Crippen LogP contribution >= 0.6 is 0 Å². The molecule has 0 unspecified atom stereocenters. The molecule has 1 atom stereocenters. The van der Waals surface area contributed by atoms with Crippen LogP contribution in [0, 0.1) is 5.92 Å². The van der Waals surface area contributed by atoms with Gasteiger partial charge in [0, 0.05) is 61.4 Å². The highest BCUT2D eigenvalue weighted by molar-refractivity contribution is 5.99. The minimum absolute atomic E-state index is 0.102. The van der Waals surface area contributed by atoms with E-state index in [1.807, 2.05) is 29.7 Å². The number of amides is 2. The zero-order valence-electron chi connectivity index (χ0n) is 18.5. The normalized spacial score (nSPS) is 19.7. The molecule has 1 fully saturated rings. The lowest BCUT2D eigenvalue weighted by Crippen LogP contribution is -2.51. The van der Waals surface area contributed by atoms with Crippen LogP contribution in [0.25, 0.3) is 10.9 Å². The molecule has 1 N–H and O–H groups in total. The van der Waals surface area contributed by atoms with Gasteiger partial charge in [-0.15, -0.1) is 0 Å². The number of benzene rings is 1. The van der Waals surface area contributed by atoms with Gasteiger partial charge in [0.05, 0.1) is 6.54 Å². The van der Waals surface area contributed by atoms with Crippen molar-refractivity contribution in [3.05, 3.63) is 35.0 Å². The number of fused-ring (bicyclic) bond motifs is 3. The molecule has 1 aliphatic carbocycles. The molecule has 1 saturated heterocycles. The maximum atomic E-state index is 13.1. The topological polar surface area (TPSA) is 59.7 Å². The van der Waals surface area contributed by atoms with E-state index in [0.717, 1.165) is 50.1 Å². The van der Waals surface area contributed by atoms with E-state index in [2.05, 4.69) is 28.9 Å². The zero-order valence-corrected chi connectivity index (χ0v) is 18.5. The Morgan fingerprint density at radius 1 is 1.13 bits per heavy atom. The molecular weight excluding hydrogens is 376 g/mol. The predicted octanol–water partition coefficient (Wildman–Crippen LogP) is 2.92. The minimum Gasteiger partial charge on any atom is -0.358 e. The van der Waals surface area contributed by atoms with Crippen molar-refractivity contribution < 1.29 is 9.59 Å². The Hall–Kier alpha value is -2.34. The SMILES string of the molecule is CCN(CC)C(=O)CN1CCN(C(=O)c2ccc3[nH]c4c(c3c2)C[C@H](C)CC4)CC1. The largest absolute Gasteiger partial charge is 0.358 e. The average molecular weight is 411 g/mol. The van der Waals surface area contributed by atoms with Crippen LogP contribution in [0.3, 0.4) is 0 Å². The van der Waals surface area contributed by atoms with Gasteiger partial charge in [0.2, 0.25) is 5.91 Å². The molecule has 162 valence electrons. The van der Waals surface area contributed by atoms with Crippen LogP contribution in [-0.4, -0.2) is 77.3 Å². The Balaban J connectivity index is 1.41. The first-order valence-electron chi connectivity index (χ1n) is 11.4. The number of piperazine rings is 1. The van der Waals surface area contributed by atoms with Crippen LogP contribution in [0.1, 0.15) is 48.8 Å². The number of H-pyrrole nitrogens is 1. The molecule has 1 aromatic heterocycles. The summed E-state index contributed by atoms with van der Waals surface area (Å²) in [4.78, 5) is 35.0. The second kappa shape index (κ2) is 8.80. The molecule has 1 aromatic carbocycles. The van der Waals surface area contributed by atoms with Crippen LogP contribution in [0.15, 0.2) is 18.2 Å². The van der Waals surface area contributed by atoms with Gasteiger partial charge < -0.3 is 14.8 Å². The van der Waals surface area contributed by atoms with Crippen molar-refractivity contribution in [3.8, 4) is 0 Å². The molecule has 2 amide bonds. The maximum absolute atomic E-state index is 13.1. The Morgan fingerprint density at radius 3 is 2.57 bits per heavy atom. The van der Waals surface area contributed by atoms with Crippen molar-refractivity contribution in [2.45, 2.75) is 40.0 Å². The number of nitrogens with zero attached hydrogens (tertiary/aromatic N) is 3. The van der Waals surface area contributed by atoms with E-state index in [1.54, 1.807) is 0 Å². The molecule has 2 aliphatic rings. The van der Waals surface area contributed by atoms with Gasteiger partial charge in [-0.25, -0.2) is 0 Å². The number of nitrogens with one attached hydrogen (secondary N) is 1. The van der Waals surface area contributed by atoms with Crippen molar-refractivity contribution in [3.63, 3.8) is 0 Å². The van der Waals surface area contributed by atoms with E-state index < -0.39 is 0 Å². The first-order chi connectivity index (χ1) is 14.5. The van der Waals surface area contributed by atoms with E-state index in [1.165, 1.54) is 23.1 Å². The van der Waals surface area contributed by atoms with E-state index >= 15 is 0 Å². The molecule has 6 nitrogen and oxygen atoms in total. The van der Waals surface area contributed by atoms with E-state index in [0.29, 0.717) is 25.6 Å². The first-order valence-corrected chi connectivity index (χ1v) is 11.4. The first kappa shape index (κ1) is 20.9. The number of carbonyl (C=O) groups excluding carboxylic acids is 2.